The molecular formula is C6H12O6. The molecule has 1 rings (SSSR count). The van der Waals surface area contributed by atoms with E-state index < -0.39 is 37.3 Å². The van der Waals surface area contributed by atoms with Crippen LogP contribution in [0.2, 0.25) is 0 Å². The van der Waals surface area contributed by atoms with E-state index in [0.29, 0.717) is 0 Å². The number of hydrogen-bond acceptors (Lipinski definition) is 6. The van der Waals surface area contributed by atoms with Gasteiger partial charge in [0.1, 0.15) is 24.4 Å². The van der Waals surface area contributed by atoms with Crippen molar-refractivity contribution in [1.82, 2.24) is 0 Å². The number of rotatable bonds is 1. The third-order valence-corrected chi connectivity index (χ3v) is 1.87. The van der Waals surface area contributed by atoms with Gasteiger partial charge in [-0.25, -0.2) is 0 Å². The molecule has 0 spiro atoms. The molecule has 1 aliphatic rings. The highest BCUT2D eigenvalue weighted by atomic mass is 16.6. The summed E-state index contributed by atoms with van der Waals surface area (Å²) in [6.45, 7) is -0.526. The molecular weight excluding hydrogens is 168 g/mol. The maximum Gasteiger partial charge on any atom is 0.184 e. The summed E-state index contributed by atoms with van der Waals surface area (Å²) in [4.78, 5) is 0. The van der Waals surface area contributed by atoms with Gasteiger partial charge in [-0.15, -0.1) is 0 Å². The Bertz CT molecular complexity index is 146. The molecule has 0 aliphatic carbocycles. The van der Waals surface area contributed by atoms with Crippen molar-refractivity contribution in [3.8, 4) is 0 Å². The minimum Gasteiger partial charge on any atom is -0.394 e. The summed E-state index contributed by atoms with van der Waals surface area (Å²) in [5.74, 6) is 0. The van der Waals surface area contributed by atoms with Crippen molar-refractivity contribution in [3.05, 3.63) is 0 Å². The van der Waals surface area contributed by atoms with Gasteiger partial charge in [0.25, 0.3) is 0 Å². The van der Waals surface area contributed by atoms with Crippen molar-refractivity contribution in [1.29, 1.82) is 0 Å². The van der Waals surface area contributed by atoms with Gasteiger partial charge in [-0.2, -0.15) is 0 Å². The van der Waals surface area contributed by atoms with Crippen LogP contribution in [0.3, 0.4) is 0 Å². The van der Waals surface area contributed by atoms with Crippen LogP contribution in [0.5, 0.6) is 0 Å². The van der Waals surface area contributed by atoms with E-state index in [2.05, 4.69) is 4.74 Å². The van der Waals surface area contributed by atoms with E-state index in [1.165, 1.54) is 0 Å². The highest BCUT2D eigenvalue weighted by Crippen LogP contribution is 2.18. The first kappa shape index (κ1) is 9.85. The minimum atomic E-state index is -1.57. The van der Waals surface area contributed by atoms with Gasteiger partial charge in [0, 0.05) is 0 Å². The van der Waals surface area contributed by atoms with Crippen molar-refractivity contribution in [2.24, 2.45) is 0 Å². The van der Waals surface area contributed by atoms with E-state index in [0.717, 1.165) is 0 Å². The van der Waals surface area contributed by atoms with Gasteiger partial charge >= 0.3 is 0 Å². The fraction of sp³-hybridized carbons (Fsp3) is 1.00. The summed E-state index contributed by atoms with van der Waals surface area (Å²) in [7, 11) is 0. The van der Waals surface area contributed by atoms with E-state index in [1.54, 1.807) is 0 Å². The second-order valence-electron chi connectivity index (χ2n) is 2.72. The molecule has 0 saturated carbocycles. The normalized spacial score (nSPS) is 49.2. The van der Waals surface area contributed by atoms with Crippen LogP contribution in [0.4, 0.5) is 0 Å². The van der Waals surface area contributed by atoms with E-state index in [9.17, 15) is 0 Å². The lowest BCUT2D eigenvalue weighted by molar-refractivity contribution is -0.286. The Morgan fingerprint density at radius 1 is 0.917 bits per heavy atom. The fourth-order valence-corrected chi connectivity index (χ4v) is 1.08. The summed E-state index contributed by atoms with van der Waals surface area (Å²) in [5.41, 5.74) is 0. The van der Waals surface area contributed by atoms with Crippen LogP contribution in [-0.4, -0.2) is 62.8 Å². The molecule has 5 N–H and O–H groups in total. The highest BCUT2D eigenvalue weighted by molar-refractivity contribution is 4.87. The van der Waals surface area contributed by atoms with Crippen molar-refractivity contribution >= 4 is 0 Å². The first-order valence-electron chi connectivity index (χ1n) is 3.56. The van der Waals surface area contributed by atoms with E-state index in [1.807, 2.05) is 0 Å². The summed E-state index contributed by atoms with van der Waals surface area (Å²) >= 11 is 0. The maximum absolute atomic E-state index is 9.12. The van der Waals surface area contributed by atoms with E-state index in [4.69, 9.17) is 25.5 Å². The lowest BCUT2D eigenvalue weighted by Gasteiger charge is -2.37. The predicted molar refractivity (Wildman–Crippen MR) is 36.0 cm³/mol. The third-order valence-electron chi connectivity index (χ3n) is 1.87. The molecule has 0 aromatic heterocycles. The molecule has 0 aromatic rings. The lowest BCUT2D eigenvalue weighted by atomic mass is 10.00. The van der Waals surface area contributed by atoms with Crippen LogP contribution in [0.15, 0.2) is 0 Å². The third kappa shape index (κ3) is 1.58. The van der Waals surface area contributed by atoms with Crippen LogP contribution in [0.25, 0.3) is 0 Å². The molecule has 0 amide bonds. The Balaban J connectivity index is 2.63. The SMILES string of the molecule is OC[C@H]1O[C@H](O)C(O)[C@@H](O)[C@H]1O. The standard InChI is InChI=1S/C6H12O6/c7-1-2-3(8)4(9)5(10)6(11)12-2/h2-11H,1H2/t2-,3+,4+,5?,6+/m1/s1. The number of aliphatic hydroxyl groups excluding tert-OH is 5. The Labute approximate surface area is 68.6 Å². The first-order valence-corrected chi connectivity index (χ1v) is 3.56. The van der Waals surface area contributed by atoms with Crippen molar-refractivity contribution < 1.29 is 30.3 Å². The summed E-state index contributed by atoms with van der Waals surface area (Å²) in [6, 6.07) is 0. The van der Waals surface area contributed by atoms with Crippen molar-refractivity contribution in [3.63, 3.8) is 0 Å². The second kappa shape index (κ2) is 3.65. The smallest absolute Gasteiger partial charge is 0.184 e. The Hall–Kier alpha value is -0.240. The molecule has 12 heavy (non-hydrogen) atoms. The van der Waals surface area contributed by atoms with Crippen LogP contribution in [-0.2, 0) is 4.74 Å². The number of ether oxygens (including phenoxy) is 1. The molecule has 1 heterocycles. The predicted octanol–water partition coefficient (Wildman–Crippen LogP) is -3.22. The maximum atomic E-state index is 9.12. The zero-order chi connectivity index (χ0) is 9.30. The molecule has 0 radical (unpaired) electrons. The van der Waals surface area contributed by atoms with Gasteiger partial charge < -0.3 is 30.3 Å². The topological polar surface area (TPSA) is 110 Å². The van der Waals surface area contributed by atoms with Crippen LogP contribution >= 0.6 is 0 Å². The molecule has 1 saturated heterocycles. The van der Waals surface area contributed by atoms with Crippen LogP contribution < -0.4 is 0 Å². The van der Waals surface area contributed by atoms with Crippen molar-refractivity contribution in [2.75, 3.05) is 6.61 Å². The van der Waals surface area contributed by atoms with Gasteiger partial charge in [0.15, 0.2) is 6.29 Å². The summed E-state index contributed by atoms with van der Waals surface area (Å²) < 4.78 is 4.58. The Kier molecular flexibility index (Phi) is 2.99. The molecule has 1 aliphatic heterocycles. The fourth-order valence-electron chi connectivity index (χ4n) is 1.08. The summed E-state index contributed by atoms with van der Waals surface area (Å²) in [5, 5.41) is 44.7. The Morgan fingerprint density at radius 2 is 1.50 bits per heavy atom. The monoisotopic (exact) mass is 180 g/mol. The molecule has 1 fully saturated rings. The largest absolute Gasteiger partial charge is 0.394 e. The average Bonchev–Trinajstić information content (AvgIpc) is 2.08. The molecule has 5 atom stereocenters. The van der Waals surface area contributed by atoms with Crippen molar-refractivity contribution in [2.45, 2.75) is 30.7 Å². The molecule has 6 nitrogen and oxygen atoms in total. The van der Waals surface area contributed by atoms with Gasteiger partial charge in [-0.3, -0.25) is 0 Å². The van der Waals surface area contributed by atoms with Crippen LogP contribution in [0.1, 0.15) is 0 Å². The van der Waals surface area contributed by atoms with E-state index in [-0.39, 0.29) is 0 Å². The molecule has 72 valence electrons. The average molecular weight is 180 g/mol. The highest BCUT2D eigenvalue weighted by Gasteiger charge is 2.42. The first-order chi connectivity index (χ1) is 5.57. The van der Waals surface area contributed by atoms with Gasteiger partial charge in [-0.1, -0.05) is 0 Å². The Morgan fingerprint density at radius 3 is 2.00 bits per heavy atom. The lowest BCUT2D eigenvalue weighted by Crippen LogP contribution is -2.58. The second-order valence-corrected chi connectivity index (χ2v) is 2.72. The van der Waals surface area contributed by atoms with Gasteiger partial charge in [-0.05, 0) is 0 Å². The van der Waals surface area contributed by atoms with Gasteiger partial charge in [0.05, 0.1) is 6.61 Å². The van der Waals surface area contributed by atoms with Crippen LogP contribution in [0, 0.1) is 0 Å². The zero-order valence-corrected chi connectivity index (χ0v) is 6.24. The number of aliphatic hydroxyl groups is 5. The molecule has 6 heteroatoms. The minimum absolute atomic E-state index is 0.526. The molecule has 1 unspecified atom stereocenters. The van der Waals surface area contributed by atoms with Gasteiger partial charge in [0.2, 0.25) is 0 Å². The number of hydrogen-bond donors (Lipinski definition) is 5. The quantitative estimate of drug-likeness (QED) is 0.290. The summed E-state index contributed by atoms with van der Waals surface area (Å²) in [6.07, 6.45) is -7.04. The zero-order valence-electron chi connectivity index (χ0n) is 6.24. The molecule has 0 aromatic carbocycles. The molecule has 0 bridgehead atoms. The van der Waals surface area contributed by atoms with E-state index >= 15 is 0 Å².